The minimum Gasteiger partial charge on any atom is -0.319 e. The van der Waals surface area contributed by atoms with E-state index < -0.39 is 0 Å². The van der Waals surface area contributed by atoms with Crippen LogP contribution in [0.5, 0.6) is 0 Å². The molecule has 0 aliphatic heterocycles. The van der Waals surface area contributed by atoms with E-state index in [-0.39, 0.29) is 0 Å². The summed E-state index contributed by atoms with van der Waals surface area (Å²) in [6.45, 7) is 3.31. The Morgan fingerprint density at radius 1 is 1.59 bits per heavy atom. The summed E-state index contributed by atoms with van der Waals surface area (Å²) in [7, 11) is 2.00. The van der Waals surface area contributed by atoms with E-state index in [9.17, 15) is 0 Å². The molecule has 92 valence electrons. The molecule has 0 saturated carbocycles. The van der Waals surface area contributed by atoms with Crippen LogP contribution in [-0.4, -0.2) is 18.6 Å². The maximum atomic E-state index is 4.59. The van der Waals surface area contributed by atoms with Crippen LogP contribution in [0.4, 0.5) is 0 Å². The summed E-state index contributed by atoms with van der Waals surface area (Å²) in [5.41, 5.74) is 4.25. The number of rotatable bonds is 4. The smallest absolute Gasteiger partial charge is 0.0506 e. The largest absolute Gasteiger partial charge is 0.319 e. The molecule has 1 aromatic rings. The molecule has 0 radical (unpaired) electrons. The van der Waals surface area contributed by atoms with Crippen molar-refractivity contribution >= 4 is 0 Å². The van der Waals surface area contributed by atoms with Crippen molar-refractivity contribution in [3.8, 4) is 0 Å². The van der Waals surface area contributed by atoms with Crippen LogP contribution in [0.3, 0.4) is 0 Å². The Bertz CT molecular complexity index is 396. The van der Waals surface area contributed by atoms with E-state index in [4.69, 9.17) is 0 Å². The van der Waals surface area contributed by atoms with Gasteiger partial charge in [-0.2, -0.15) is 0 Å². The zero-order valence-electron chi connectivity index (χ0n) is 10.9. The fourth-order valence-corrected chi connectivity index (χ4v) is 2.64. The highest BCUT2D eigenvalue weighted by molar-refractivity contribution is 5.32. The van der Waals surface area contributed by atoms with E-state index in [1.54, 1.807) is 0 Å². The fourth-order valence-electron chi connectivity index (χ4n) is 2.64. The first kappa shape index (κ1) is 12.3. The number of pyridine rings is 1. The monoisotopic (exact) mass is 230 g/mol. The number of aromatic nitrogens is 1. The van der Waals surface area contributed by atoms with Crippen molar-refractivity contribution < 1.29 is 0 Å². The Kier molecular flexibility index (Phi) is 4.32. The zero-order chi connectivity index (χ0) is 12.1. The molecule has 1 heterocycles. The summed E-state index contributed by atoms with van der Waals surface area (Å²) >= 11 is 0. The van der Waals surface area contributed by atoms with Crippen molar-refractivity contribution in [3.05, 3.63) is 41.2 Å². The third kappa shape index (κ3) is 2.95. The minimum atomic E-state index is 0.553. The molecule has 2 heteroatoms. The van der Waals surface area contributed by atoms with Gasteiger partial charge in [-0.05, 0) is 57.8 Å². The van der Waals surface area contributed by atoms with Gasteiger partial charge in [0.2, 0.25) is 0 Å². The summed E-state index contributed by atoms with van der Waals surface area (Å²) < 4.78 is 0. The molecule has 17 heavy (non-hydrogen) atoms. The molecule has 1 atom stereocenters. The molecule has 1 aromatic heterocycles. The number of hydrogen-bond acceptors (Lipinski definition) is 2. The van der Waals surface area contributed by atoms with Gasteiger partial charge >= 0.3 is 0 Å². The molecule has 0 bridgehead atoms. The quantitative estimate of drug-likeness (QED) is 0.635. The lowest BCUT2D eigenvalue weighted by atomic mass is 9.82. The van der Waals surface area contributed by atoms with Crippen LogP contribution in [0.2, 0.25) is 0 Å². The highest BCUT2D eigenvalue weighted by Crippen LogP contribution is 2.34. The van der Waals surface area contributed by atoms with Gasteiger partial charge in [-0.1, -0.05) is 17.7 Å². The summed E-state index contributed by atoms with van der Waals surface area (Å²) in [5.74, 6) is 0.553. The molecule has 1 aliphatic carbocycles. The molecule has 0 amide bonds. The Morgan fingerprint density at radius 3 is 3.29 bits per heavy atom. The highest BCUT2D eigenvalue weighted by atomic mass is 14.8. The van der Waals surface area contributed by atoms with Crippen LogP contribution in [0.15, 0.2) is 30.0 Å². The summed E-state index contributed by atoms with van der Waals surface area (Å²) in [4.78, 5) is 4.59. The van der Waals surface area contributed by atoms with E-state index in [1.165, 1.54) is 36.1 Å². The summed E-state index contributed by atoms with van der Waals surface area (Å²) in [6, 6.07) is 4.29. The van der Waals surface area contributed by atoms with Crippen LogP contribution in [0.1, 0.15) is 43.4 Å². The van der Waals surface area contributed by atoms with Crippen LogP contribution >= 0.6 is 0 Å². The number of fused-ring (bicyclic) bond motifs is 1. The van der Waals surface area contributed by atoms with Gasteiger partial charge in [-0.3, -0.25) is 4.98 Å². The van der Waals surface area contributed by atoms with Crippen molar-refractivity contribution in [1.82, 2.24) is 10.3 Å². The lowest BCUT2D eigenvalue weighted by molar-refractivity contribution is 0.588. The molecule has 0 saturated heterocycles. The van der Waals surface area contributed by atoms with E-state index in [0.29, 0.717) is 5.92 Å². The molecule has 0 spiro atoms. The Labute approximate surface area is 104 Å². The van der Waals surface area contributed by atoms with Gasteiger partial charge in [0.05, 0.1) is 5.69 Å². The topological polar surface area (TPSA) is 24.9 Å². The Hall–Kier alpha value is -1.15. The molecule has 2 rings (SSSR count). The third-order valence-electron chi connectivity index (χ3n) is 3.61. The number of nitrogens with zero attached hydrogens (tertiary/aromatic N) is 1. The molecular formula is C15H22N2. The minimum absolute atomic E-state index is 0.553. The highest BCUT2D eigenvalue weighted by Gasteiger charge is 2.22. The van der Waals surface area contributed by atoms with Crippen LogP contribution in [-0.2, 0) is 6.42 Å². The zero-order valence-corrected chi connectivity index (χ0v) is 10.9. The van der Waals surface area contributed by atoms with Gasteiger partial charge in [0.1, 0.15) is 0 Å². The number of aryl methyl sites for hydroxylation is 1. The maximum absolute atomic E-state index is 4.59. The SMILES string of the molecule is CNCCC=C(C)C1CCCc2cccnc21. The summed E-state index contributed by atoms with van der Waals surface area (Å²) in [6.07, 6.45) is 9.15. The van der Waals surface area contributed by atoms with Crippen molar-refractivity contribution in [3.63, 3.8) is 0 Å². The molecule has 1 unspecified atom stereocenters. The van der Waals surface area contributed by atoms with Crippen molar-refractivity contribution in [1.29, 1.82) is 0 Å². The second-order valence-corrected chi connectivity index (χ2v) is 4.83. The van der Waals surface area contributed by atoms with Gasteiger partial charge in [0.15, 0.2) is 0 Å². The van der Waals surface area contributed by atoms with Gasteiger partial charge < -0.3 is 5.32 Å². The molecule has 1 aliphatic rings. The molecular weight excluding hydrogens is 208 g/mol. The van der Waals surface area contributed by atoms with E-state index in [0.717, 1.165) is 13.0 Å². The molecule has 2 nitrogen and oxygen atoms in total. The third-order valence-corrected chi connectivity index (χ3v) is 3.61. The van der Waals surface area contributed by atoms with Crippen molar-refractivity contribution in [2.45, 2.75) is 38.5 Å². The Balaban J connectivity index is 2.15. The molecule has 0 aromatic carbocycles. The molecule has 1 N–H and O–H groups in total. The first-order valence-corrected chi connectivity index (χ1v) is 6.58. The normalized spacial score (nSPS) is 20.1. The van der Waals surface area contributed by atoms with Gasteiger partial charge in [0.25, 0.3) is 0 Å². The van der Waals surface area contributed by atoms with Gasteiger partial charge in [0, 0.05) is 12.1 Å². The average molecular weight is 230 g/mol. The second kappa shape index (κ2) is 5.97. The first-order valence-electron chi connectivity index (χ1n) is 6.58. The second-order valence-electron chi connectivity index (χ2n) is 4.83. The number of nitrogens with one attached hydrogen (secondary N) is 1. The first-order chi connectivity index (χ1) is 8.33. The van der Waals surface area contributed by atoms with E-state index in [2.05, 4.69) is 35.4 Å². The van der Waals surface area contributed by atoms with E-state index >= 15 is 0 Å². The van der Waals surface area contributed by atoms with E-state index in [1.807, 2.05) is 13.2 Å². The maximum Gasteiger partial charge on any atom is 0.0506 e. The van der Waals surface area contributed by atoms with Crippen LogP contribution < -0.4 is 5.32 Å². The molecule has 0 fully saturated rings. The van der Waals surface area contributed by atoms with Crippen molar-refractivity contribution in [2.24, 2.45) is 0 Å². The predicted octanol–water partition coefficient (Wildman–Crippen LogP) is 3.06. The lowest BCUT2D eigenvalue weighted by Crippen LogP contribution is -2.13. The van der Waals surface area contributed by atoms with Crippen LogP contribution in [0.25, 0.3) is 0 Å². The Morgan fingerprint density at radius 2 is 2.47 bits per heavy atom. The average Bonchev–Trinajstić information content (AvgIpc) is 2.38. The number of hydrogen-bond donors (Lipinski definition) is 1. The standard InChI is InChI=1S/C15H22N2/c1-12(6-4-10-16-2)14-9-3-7-13-8-5-11-17-15(13)14/h5-6,8,11,14,16H,3-4,7,9-10H2,1-2H3. The number of allylic oxidation sites excluding steroid dienone is 1. The summed E-state index contributed by atoms with van der Waals surface area (Å²) in [5, 5.41) is 3.18. The van der Waals surface area contributed by atoms with Gasteiger partial charge in [-0.25, -0.2) is 0 Å². The predicted molar refractivity (Wildman–Crippen MR) is 72.2 cm³/mol. The van der Waals surface area contributed by atoms with Crippen molar-refractivity contribution in [2.75, 3.05) is 13.6 Å². The van der Waals surface area contributed by atoms with Crippen LogP contribution in [0, 0.1) is 0 Å². The van der Waals surface area contributed by atoms with Gasteiger partial charge in [-0.15, -0.1) is 0 Å². The lowest BCUT2D eigenvalue weighted by Gasteiger charge is -2.25. The fraction of sp³-hybridized carbons (Fsp3) is 0.533.